The van der Waals surface area contributed by atoms with E-state index in [1.54, 1.807) is 38.5 Å². The Morgan fingerprint density at radius 1 is 1.31 bits per heavy atom. The molecule has 0 spiro atoms. The van der Waals surface area contributed by atoms with Crippen LogP contribution >= 0.6 is 11.6 Å². The minimum atomic E-state index is -0.773. The topological polar surface area (TPSA) is 83.9 Å². The molecular weight excluding hydrogens is 358 g/mol. The zero-order valence-corrected chi connectivity index (χ0v) is 15.3. The van der Waals surface area contributed by atoms with Crippen LogP contribution in [0.1, 0.15) is 17.2 Å². The van der Waals surface area contributed by atoms with Gasteiger partial charge < -0.3 is 19.9 Å². The van der Waals surface area contributed by atoms with Gasteiger partial charge in [-0.05, 0) is 24.3 Å². The number of nitrogens with zero attached hydrogens (tertiary/aromatic N) is 2. The zero-order chi connectivity index (χ0) is 18.7. The normalized spacial score (nSPS) is 16.7. The van der Waals surface area contributed by atoms with Crippen molar-refractivity contribution in [2.45, 2.75) is 12.6 Å². The number of pyridine rings is 1. The molecule has 0 bridgehead atoms. The number of benzene rings is 1. The second kappa shape index (κ2) is 7.90. The number of anilines is 1. The van der Waals surface area contributed by atoms with Crippen molar-refractivity contribution in [1.82, 2.24) is 9.88 Å². The first-order valence-corrected chi connectivity index (χ1v) is 8.45. The van der Waals surface area contributed by atoms with Gasteiger partial charge in [0.15, 0.2) is 0 Å². The first-order valence-electron chi connectivity index (χ1n) is 8.07. The molecule has 0 radical (unpaired) electrons. The maximum Gasteiger partial charge on any atom is 0.239 e. The summed E-state index contributed by atoms with van der Waals surface area (Å²) in [6.45, 7) is 0.896. The second-order valence-corrected chi connectivity index (χ2v) is 6.39. The van der Waals surface area contributed by atoms with Gasteiger partial charge in [0, 0.05) is 30.4 Å². The third-order valence-corrected chi connectivity index (χ3v) is 4.45. The number of hydrogen-bond acceptors (Lipinski definition) is 6. The van der Waals surface area contributed by atoms with Gasteiger partial charge in [-0.15, -0.1) is 0 Å². The van der Waals surface area contributed by atoms with Gasteiger partial charge in [0.2, 0.25) is 5.91 Å². The van der Waals surface area contributed by atoms with Crippen molar-refractivity contribution in [1.29, 1.82) is 0 Å². The molecule has 2 N–H and O–H groups in total. The Balaban J connectivity index is 1.74. The van der Waals surface area contributed by atoms with Gasteiger partial charge in [0.05, 0.1) is 31.9 Å². The molecule has 0 unspecified atom stereocenters. The van der Waals surface area contributed by atoms with Crippen molar-refractivity contribution >= 4 is 23.3 Å². The Morgan fingerprint density at radius 2 is 2.04 bits per heavy atom. The molecule has 8 heteroatoms. The van der Waals surface area contributed by atoms with Gasteiger partial charge in [-0.25, -0.2) is 4.98 Å². The fourth-order valence-electron chi connectivity index (χ4n) is 3.10. The molecule has 1 aromatic heterocycles. The number of amides is 1. The molecule has 26 heavy (non-hydrogen) atoms. The van der Waals surface area contributed by atoms with E-state index in [2.05, 4.69) is 10.3 Å². The van der Waals surface area contributed by atoms with Crippen LogP contribution in [0.2, 0.25) is 5.02 Å². The summed E-state index contributed by atoms with van der Waals surface area (Å²) in [5.41, 5.74) is 1.53. The number of carbonyl (C=O) groups excluding carboxylic acids is 1. The van der Waals surface area contributed by atoms with E-state index in [0.717, 1.165) is 5.56 Å². The van der Waals surface area contributed by atoms with Crippen LogP contribution < -0.4 is 14.8 Å². The highest BCUT2D eigenvalue weighted by Crippen LogP contribution is 2.39. The molecule has 2 heterocycles. The Bertz CT molecular complexity index is 798. The maximum atomic E-state index is 12.3. The molecule has 1 aliphatic rings. The molecule has 0 aliphatic carbocycles. The monoisotopic (exact) mass is 377 g/mol. The number of aliphatic hydroxyl groups is 1. The smallest absolute Gasteiger partial charge is 0.239 e. The predicted octanol–water partition coefficient (Wildman–Crippen LogP) is 2.24. The van der Waals surface area contributed by atoms with E-state index in [9.17, 15) is 9.90 Å². The number of rotatable bonds is 5. The minimum Gasteiger partial charge on any atom is -0.496 e. The summed E-state index contributed by atoms with van der Waals surface area (Å²) in [5.74, 6) is 1.47. The summed E-state index contributed by atoms with van der Waals surface area (Å²) in [5, 5.41) is 13.8. The number of ether oxygens (including phenoxy) is 2. The highest BCUT2D eigenvalue weighted by Gasteiger charge is 2.30. The van der Waals surface area contributed by atoms with E-state index in [1.165, 1.54) is 6.20 Å². The van der Waals surface area contributed by atoms with Gasteiger partial charge in [0.25, 0.3) is 0 Å². The summed E-state index contributed by atoms with van der Waals surface area (Å²) in [7, 11) is 3.14. The fourth-order valence-corrected chi connectivity index (χ4v) is 3.21. The quantitative estimate of drug-likeness (QED) is 0.831. The SMILES string of the molecule is COc1ccc(OC)c2c1CN(CC(=O)Nc1ccc(Cl)cn1)C[C@@H]2O. The third-order valence-electron chi connectivity index (χ3n) is 4.22. The van der Waals surface area contributed by atoms with Crippen LogP contribution in [-0.4, -0.2) is 48.2 Å². The van der Waals surface area contributed by atoms with Crippen molar-refractivity contribution in [3.8, 4) is 11.5 Å². The highest BCUT2D eigenvalue weighted by atomic mass is 35.5. The molecule has 0 fully saturated rings. The van der Waals surface area contributed by atoms with E-state index in [0.29, 0.717) is 41.0 Å². The lowest BCUT2D eigenvalue weighted by Crippen LogP contribution is -2.39. The molecule has 0 saturated heterocycles. The lowest BCUT2D eigenvalue weighted by atomic mass is 9.95. The van der Waals surface area contributed by atoms with Crippen LogP contribution in [-0.2, 0) is 11.3 Å². The first-order chi connectivity index (χ1) is 12.5. The number of hydrogen-bond donors (Lipinski definition) is 2. The Kier molecular flexibility index (Phi) is 5.61. The number of nitrogens with one attached hydrogen (secondary N) is 1. The van der Waals surface area contributed by atoms with E-state index < -0.39 is 6.10 Å². The van der Waals surface area contributed by atoms with Crippen LogP contribution in [0.25, 0.3) is 0 Å². The Morgan fingerprint density at radius 3 is 2.69 bits per heavy atom. The van der Waals surface area contributed by atoms with Gasteiger partial charge in [-0.2, -0.15) is 0 Å². The molecular formula is C18H20ClN3O4. The fraction of sp³-hybridized carbons (Fsp3) is 0.333. The number of fused-ring (bicyclic) bond motifs is 1. The van der Waals surface area contributed by atoms with Gasteiger partial charge >= 0.3 is 0 Å². The van der Waals surface area contributed by atoms with Crippen LogP contribution in [0, 0.1) is 0 Å². The average molecular weight is 378 g/mol. The molecule has 1 aromatic carbocycles. The number of methoxy groups -OCH3 is 2. The molecule has 0 saturated carbocycles. The van der Waals surface area contributed by atoms with E-state index >= 15 is 0 Å². The molecule has 1 atom stereocenters. The minimum absolute atomic E-state index is 0.112. The molecule has 3 rings (SSSR count). The van der Waals surface area contributed by atoms with Crippen LogP contribution in [0.4, 0.5) is 5.82 Å². The van der Waals surface area contributed by atoms with E-state index in [4.69, 9.17) is 21.1 Å². The second-order valence-electron chi connectivity index (χ2n) is 5.96. The van der Waals surface area contributed by atoms with Crippen molar-refractivity contribution in [3.05, 3.63) is 46.6 Å². The summed E-state index contributed by atoms with van der Waals surface area (Å²) in [4.78, 5) is 18.2. The number of aliphatic hydroxyl groups excluding tert-OH is 1. The highest BCUT2D eigenvalue weighted by molar-refractivity contribution is 6.30. The number of halogens is 1. The summed E-state index contributed by atoms with van der Waals surface area (Å²) in [6.07, 6.45) is 0.695. The summed E-state index contributed by atoms with van der Waals surface area (Å²) >= 11 is 5.79. The Hall–Kier alpha value is -2.35. The Labute approximate surface area is 156 Å². The van der Waals surface area contributed by atoms with Crippen LogP contribution in [0.15, 0.2) is 30.5 Å². The first kappa shape index (κ1) is 18.4. The number of aromatic nitrogens is 1. The standard InChI is InChI=1S/C18H20ClN3O4/c1-25-14-4-5-15(26-2)18-12(14)8-22(9-13(18)23)10-17(24)21-16-6-3-11(19)7-20-16/h3-7,13,23H,8-10H2,1-2H3,(H,20,21,24)/t13-/m0/s1. The van der Waals surface area contributed by atoms with Crippen LogP contribution in [0.3, 0.4) is 0 Å². The molecule has 1 amide bonds. The largest absolute Gasteiger partial charge is 0.496 e. The zero-order valence-electron chi connectivity index (χ0n) is 14.5. The summed E-state index contributed by atoms with van der Waals surface area (Å²) < 4.78 is 10.8. The van der Waals surface area contributed by atoms with Crippen molar-refractivity contribution in [2.75, 3.05) is 32.6 Å². The van der Waals surface area contributed by atoms with Gasteiger partial charge in [-0.1, -0.05) is 11.6 Å². The van der Waals surface area contributed by atoms with Crippen molar-refractivity contribution in [3.63, 3.8) is 0 Å². The molecule has 138 valence electrons. The summed E-state index contributed by atoms with van der Waals surface area (Å²) in [6, 6.07) is 6.86. The average Bonchev–Trinajstić information content (AvgIpc) is 2.62. The predicted molar refractivity (Wildman–Crippen MR) is 97.7 cm³/mol. The lowest BCUT2D eigenvalue weighted by molar-refractivity contribution is -0.118. The number of β-amino-alcohol motifs (C(OH)–C–C–N with tert-alkyl or cyclic N) is 1. The van der Waals surface area contributed by atoms with Crippen molar-refractivity contribution < 1.29 is 19.4 Å². The van der Waals surface area contributed by atoms with Gasteiger partial charge in [-0.3, -0.25) is 9.69 Å². The van der Waals surface area contributed by atoms with Gasteiger partial charge in [0.1, 0.15) is 17.3 Å². The number of carbonyl (C=O) groups is 1. The molecule has 1 aliphatic heterocycles. The lowest BCUT2D eigenvalue weighted by Gasteiger charge is -2.33. The van der Waals surface area contributed by atoms with E-state index in [-0.39, 0.29) is 12.5 Å². The van der Waals surface area contributed by atoms with E-state index in [1.807, 2.05) is 4.90 Å². The molecule has 2 aromatic rings. The van der Waals surface area contributed by atoms with Crippen molar-refractivity contribution in [2.24, 2.45) is 0 Å². The van der Waals surface area contributed by atoms with Crippen LogP contribution in [0.5, 0.6) is 11.5 Å². The third kappa shape index (κ3) is 3.90. The maximum absolute atomic E-state index is 12.3. The molecule has 7 nitrogen and oxygen atoms in total.